The van der Waals surface area contributed by atoms with Gasteiger partial charge in [0.25, 0.3) is 5.91 Å². The van der Waals surface area contributed by atoms with Gasteiger partial charge in [-0.1, -0.05) is 61.8 Å². The van der Waals surface area contributed by atoms with Crippen LogP contribution in [0.5, 0.6) is 11.5 Å². The van der Waals surface area contributed by atoms with E-state index in [1.807, 2.05) is 6.92 Å². The van der Waals surface area contributed by atoms with Crippen LogP contribution >= 0.6 is 0 Å². The Labute approximate surface area is 401 Å². The summed E-state index contributed by atoms with van der Waals surface area (Å²) in [5.74, 6) is -1.28. The molecule has 7 nitrogen and oxygen atoms in total. The SMILES string of the molecule is C/C(=C\c1ccc(F)cc1F)CNC[C@@H]1CCCN1C(C)C1CCCCC1.COc1cc(C(=O)N(C/C(C)=C/c2ccc(F)cc2F)C[C@@H]2CCCN2C(C)C2CCCCC2)ccc1OC(F)F. The van der Waals surface area contributed by atoms with Crippen molar-refractivity contribution in [3.63, 3.8) is 0 Å². The van der Waals surface area contributed by atoms with Gasteiger partial charge in [-0.2, -0.15) is 8.78 Å². The van der Waals surface area contributed by atoms with Crippen LogP contribution in [0, 0.1) is 35.1 Å². The molecule has 4 aliphatic rings. The van der Waals surface area contributed by atoms with Crippen molar-refractivity contribution in [3.05, 3.63) is 106 Å². The molecule has 0 spiro atoms. The van der Waals surface area contributed by atoms with Crippen molar-refractivity contribution in [2.75, 3.05) is 46.4 Å². The van der Waals surface area contributed by atoms with E-state index >= 15 is 0 Å². The predicted molar refractivity (Wildman–Crippen MR) is 260 cm³/mol. The van der Waals surface area contributed by atoms with Crippen LogP contribution in [0.3, 0.4) is 0 Å². The lowest BCUT2D eigenvalue weighted by molar-refractivity contribution is -0.0512. The Morgan fingerprint density at radius 1 is 0.691 bits per heavy atom. The summed E-state index contributed by atoms with van der Waals surface area (Å²) in [6, 6.07) is 13.2. The van der Waals surface area contributed by atoms with Gasteiger partial charge in [0.15, 0.2) is 11.5 Å². The van der Waals surface area contributed by atoms with Crippen LogP contribution in [0.15, 0.2) is 65.7 Å². The molecule has 2 aliphatic carbocycles. The second kappa shape index (κ2) is 26.0. The topological polar surface area (TPSA) is 57.3 Å². The number of ether oxygens (including phenoxy) is 2. The molecule has 0 radical (unpaired) electrons. The number of likely N-dealkylation sites (tertiary alicyclic amines) is 2. The lowest BCUT2D eigenvalue weighted by Crippen LogP contribution is -2.48. The Morgan fingerprint density at radius 2 is 1.22 bits per heavy atom. The second-order valence-corrected chi connectivity index (χ2v) is 19.7. The molecule has 2 heterocycles. The summed E-state index contributed by atoms with van der Waals surface area (Å²) in [4.78, 5) is 20.9. The van der Waals surface area contributed by atoms with E-state index in [2.05, 4.69) is 33.7 Å². The summed E-state index contributed by atoms with van der Waals surface area (Å²) in [6.07, 6.45) is 21.2. The predicted octanol–water partition coefficient (Wildman–Crippen LogP) is 12.9. The van der Waals surface area contributed by atoms with Gasteiger partial charge in [0.2, 0.25) is 0 Å². The fraction of sp³-hybridized carbons (Fsp3) is 0.582. The van der Waals surface area contributed by atoms with Gasteiger partial charge >= 0.3 is 6.61 Å². The number of hydrogen-bond donors (Lipinski definition) is 1. The van der Waals surface area contributed by atoms with Gasteiger partial charge < -0.3 is 19.7 Å². The molecular formula is C55H74F6N4O3. The summed E-state index contributed by atoms with van der Waals surface area (Å²) < 4.78 is 90.1. The van der Waals surface area contributed by atoms with Crippen molar-refractivity contribution in [1.82, 2.24) is 20.0 Å². The van der Waals surface area contributed by atoms with Crippen molar-refractivity contribution in [2.24, 2.45) is 11.8 Å². The van der Waals surface area contributed by atoms with Crippen LogP contribution in [0.25, 0.3) is 12.2 Å². The smallest absolute Gasteiger partial charge is 0.387 e. The molecule has 2 saturated carbocycles. The molecule has 4 atom stereocenters. The molecule has 3 aromatic carbocycles. The number of alkyl halides is 2. The highest BCUT2D eigenvalue weighted by molar-refractivity contribution is 5.95. The summed E-state index contributed by atoms with van der Waals surface area (Å²) in [6.45, 7) is 10.1. The quantitative estimate of drug-likeness (QED) is 0.128. The van der Waals surface area contributed by atoms with Crippen LogP contribution in [-0.2, 0) is 0 Å². The zero-order valence-corrected chi connectivity index (χ0v) is 40.9. The first-order valence-corrected chi connectivity index (χ1v) is 25.1. The number of halogens is 6. The normalized spacial score (nSPS) is 21.1. The molecule has 0 aromatic heterocycles. The number of amides is 1. The van der Waals surface area contributed by atoms with Crippen molar-refractivity contribution in [2.45, 2.75) is 148 Å². The van der Waals surface area contributed by atoms with Crippen molar-refractivity contribution < 1.29 is 40.6 Å². The number of benzene rings is 3. The maximum absolute atomic E-state index is 14.4. The highest BCUT2D eigenvalue weighted by atomic mass is 19.3. The van der Waals surface area contributed by atoms with Crippen molar-refractivity contribution in [3.8, 4) is 11.5 Å². The van der Waals surface area contributed by atoms with E-state index in [4.69, 9.17) is 4.74 Å². The maximum Gasteiger partial charge on any atom is 0.387 e. The maximum atomic E-state index is 14.4. The Kier molecular flexibility index (Phi) is 20.3. The Bertz CT molecular complexity index is 2140. The fourth-order valence-electron chi connectivity index (χ4n) is 11.2. The first kappa shape index (κ1) is 53.0. The average Bonchev–Trinajstić information content (AvgIpc) is 4.00. The zero-order chi connectivity index (χ0) is 48.7. The minimum absolute atomic E-state index is 0.0326. The standard InChI is InChI=1S/C32H40F4N2O3.C23H34F2N2/c1-21(16-24-11-13-26(33)18-28(24)34)19-37(31(39)25-12-14-29(41-32(35)36)30(17-25)40-3)20-27-10-7-15-38(27)22(2)23-8-5-4-6-9-23;1-17(13-20-10-11-21(24)14-23(20)25)15-26-16-22-9-6-12-27(22)18(2)19-7-4-3-5-8-19/h11-14,16-18,22-23,27,32H,4-10,15,19-20H2,1-3H3;10-11,13-14,18-19,22,26H,3-9,12,15-16H2,1-2H3/b21-16+;17-13+/t22?,27-;18?,22-/m00/s1. The van der Waals surface area contributed by atoms with E-state index in [0.717, 1.165) is 61.7 Å². The first-order valence-electron chi connectivity index (χ1n) is 25.1. The third-order valence-corrected chi connectivity index (χ3v) is 14.9. The van der Waals surface area contributed by atoms with Crippen LogP contribution < -0.4 is 14.8 Å². The average molecular weight is 953 g/mol. The van der Waals surface area contributed by atoms with Crippen LogP contribution in [0.4, 0.5) is 26.3 Å². The molecule has 2 aliphatic heterocycles. The number of hydrogen-bond acceptors (Lipinski definition) is 6. The van der Waals surface area contributed by atoms with Crippen molar-refractivity contribution >= 4 is 18.1 Å². The Morgan fingerprint density at radius 3 is 1.75 bits per heavy atom. The molecule has 1 N–H and O–H groups in total. The molecule has 0 bridgehead atoms. The van der Waals surface area contributed by atoms with E-state index in [0.29, 0.717) is 36.2 Å². The van der Waals surface area contributed by atoms with Gasteiger partial charge in [-0.05, 0) is 146 Å². The number of rotatable bonds is 18. The number of carbonyl (C=O) groups is 1. The van der Waals surface area contributed by atoms with Crippen LogP contribution in [-0.4, -0.2) is 97.8 Å². The zero-order valence-electron chi connectivity index (χ0n) is 40.9. The van der Waals surface area contributed by atoms with E-state index in [1.54, 1.807) is 24.0 Å². The van der Waals surface area contributed by atoms with Crippen molar-refractivity contribution in [1.29, 1.82) is 0 Å². The van der Waals surface area contributed by atoms with E-state index < -0.39 is 29.9 Å². The van der Waals surface area contributed by atoms with E-state index in [9.17, 15) is 31.1 Å². The van der Waals surface area contributed by atoms with Gasteiger partial charge in [-0.15, -0.1) is 0 Å². The lowest BCUT2D eigenvalue weighted by atomic mass is 9.83. The summed E-state index contributed by atoms with van der Waals surface area (Å²) >= 11 is 0. The third kappa shape index (κ3) is 15.1. The third-order valence-electron chi connectivity index (χ3n) is 14.9. The number of nitrogens with one attached hydrogen (secondary N) is 1. The van der Waals surface area contributed by atoms with Gasteiger partial charge in [0.1, 0.15) is 23.3 Å². The van der Waals surface area contributed by atoms with Crippen LogP contribution in [0.1, 0.15) is 139 Å². The van der Waals surface area contributed by atoms with Gasteiger partial charge in [0.05, 0.1) is 7.11 Å². The molecule has 1 amide bonds. The molecule has 2 unspecified atom stereocenters. The van der Waals surface area contributed by atoms with E-state index in [1.165, 1.54) is 133 Å². The second-order valence-electron chi connectivity index (χ2n) is 19.7. The molecule has 3 aromatic rings. The summed E-state index contributed by atoms with van der Waals surface area (Å²) in [5, 5.41) is 3.56. The number of nitrogens with zero attached hydrogens (tertiary/aromatic N) is 3. The number of methoxy groups -OCH3 is 1. The highest BCUT2D eigenvalue weighted by Gasteiger charge is 2.36. The largest absolute Gasteiger partial charge is 0.493 e. The molecule has 4 fully saturated rings. The molecule has 374 valence electrons. The first-order chi connectivity index (χ1) is 32.7. The monoisotopic (exact) mass is 953 g/mol. The van der Waals surface area contributed by atoms with Gasteiger partial charge in [0, 0.05) is 79.2 Å². The van der Waals surface area contributed by atoms with Gasteiger partial charge in [-0.3, -0.25) is 14.6 Å². The number of carbonyl (C=O) groups excluding carboxylic acids is 1. The molecule has 2 saturated heterocycles. The van der Waals surface area contributed by atoms with E-state index in [-0.39, 0.29) is 41.1 Å². The molecular weight excluding hydrogens is 879 g/mol. The minimum atomic E-state index is -3.03. The molecule has 13 heteroatoms. The summed E-state index contributed by atoms with van der Waals surface area (Å²) in [7, 11) is 1.33. The highest BCUT2D eigenvalue weighted by Crippen LogP contribution is 2.35. The fourth-order valence-corrected chi connectivity index (χ4v) is 11.2. The minimum Gasteiger partial charge on any atom is -0.493 e. The summed E-state index contributed by atoms with van der Waals surface area (Å²) in [5.41, 5.74) is 2.74. The molecule has 7 rings (SSSR count). The van der Waals surface area contributed by atoms with Crippen LogP contribution in [0.2, 0.25) is 0 Å². The van der Waals surface area contributed by atoms with Gasteiger partial charge in [-0.25, -0.2) is 17.6 Å². The Hall–Kier alpha value is -4.33. The Balaban J connectivity index is 0.000000244. The lowest BCUT2D eigenvalue weighted by Gasteiger charge is -2.39. The molecule has 68 heavy (non-hydrogen) atoms.